The summed E-state index contributed by atoms with van der Waals surface area (Å²) < 4.78 is 20.1. The van der Waals surface area contributed by atoms with E-state index in [4.69, 9.17) is 4.98 Å². The Labute approximate surface area is 255 Å². The Hall–Kier alpha value is -5.18. The summed E-state index contributed by atoms with van der Waals surface area (Å²) in [6, 6.07) is 48.3. The SMILES string of the molecule is CCc1nc2cc(-c3ccc(-n4c5ccccc5c5ccccc54)cc3)cc3c2n1-c1ccccc1P3(=O)c1ccccc1. The number of para-hydroxylation sites is 3. The van der Waals surface area contributed by atoms with E-state index >= 15 is 4.57 Å². The molecule has 1 aliphatic heterocycles. The predicted molar refractivity (Wildman–Crippen MR) is 183 cm³/mol. The first-order chi connectivity index (χ1) is 21.7. The zero-order chi connectivity index (χ0) is 29.4. The van der Waals surface area contributed by atoms with Crippen LogP contribution in [0.25, 0.3) is 55.3 Å². The van der Waals surface area contributed by atoms with Crippen LogP contribution in [0, 0.1) is 0 Å². The lowest BCUT2D eigenvalue weighted by molar-refractivity contribution is 0.592. The lowest BCUT2D eigenvalue weighted by atomic mass is 10.0. The summed E-state index contributed by atoms with van der Waals surface area (Å²) in [6.07, 6.45) is 0.779. The second-order valence-corrected chi connectivity index (χ2v) is 14.1. The van der Waals surface area contributed by atoms with E-state index in [2.05, 4.69) is 107 Å². The third kappa shape index (κ3) is 3.40. The molecular weight excluding hydrogens is 557 g/mol. The molecule has 9 rings (SSSR count). The molecule has 3 heterocycles. The van der Waals surface area contributed by atoms with Crippen molar-refractivity contribution in [2.24, 2.45) is 0 Å². The van der Waals surface area contributed by atoms with Gasteiger partial charge in [-0.15, -0.1) is 0 Å². The van der Waals surface area contributed by atoms with E-state index in [1.54, 1.807) is 0 Å². The summed E-state index contributed by atoms with van der Waals surface area (Å²) in [4.78, 5) is 5.11. The molecule has 1 aliphatic rings. The number of rotatable bonds is 4. The molecule has 0 fully saturated rings. The molecule has 2 aromatic heterocycles. The number of aryl methyl sites for hydroxylation is 1. The molecule has 0 bridgehead atoms. The molecule has 5 heteroatoms. The van der Waals surface area contributed by atoms with Crippen molar-refractivity contribution in [3.63, 3.8) is 0 Å². The number of hydrogen-bond donors (Lipinski definition) is 0. The molecule has 1 atom stereocenters. The van der Waals surface area contributed by atoms with Gasteiger partial charge in [0.25, 0.3) is 0 Å². The third-order valence-corrected chi connectivity index (χ3v) is 12.2. The van der Waals surface area contributed by atoms with Gasteiger partial charge < -0.3 is 9.13 Å². The van der Waals surface area contributed by atoms with Crippen LogP contribution < -0.4 is 15.9 Å². The summed E-state index contributed by atoms with van der Waals surface area (Å²) in [5.74, 6) is 0.979. The zero-order valence-electron chi connectivity index (χ0n) is 24.2. The highest BCUT2D eigenvalue weighted by Crippen LogP contribution is 2.50. The van der Waals surface area contributed by atoms with Crippen molar-refractivity contribution in [3.05, 3.63) is 145 Å². The largest absolute Gasteiger partial charge is 0.309 e. The Morgan fingerprint density at radius 1 is 0.614 bits per heavy atom. The zero-order valence-corrected chi connectivity index (χ0v) is 25.1. The number of imidazole rings is 1. The highest BCUT2D eigenvalue weighted by molar-refractivity contribution is 7.86. The van der Waals surface area contributed by atoms with E-state index in [1.807, 2.05) is 48.5 Å². The number of nitrogens with zero attached hydrogens (tertiary/aromatic N) is 3. The fraction of sp³-hybridized carbons (Fsp3) is 0.0513. The Morgan fingerprint density at radius 3 is 1.95 bits per heavy atom. The minimum absolute atomic E-state index is 0.779. The minimum Gasteiger partial charge on any atom is -0.309 e. The normalized spacial score (nSPS) is 15.7. The van der Waals surface area contributed by atoms with Crippen molar-refractivity contribution in [2.45, 2.75) is 13.3 Å². The number of aromatic nitrogens is 3. The van der Waals surface area contributed by atoms with Gasteiger partial charge in [0.2, 0.25) is 0 Å². The predicted octanol–water partition coefficient (Wildman–Crippen LogP) is 8.30. The van der Waals surface area contributed by atoms with Crippen molar-refractivity contribution >= 4 is 55.9 Å². The number of benzene rings is 6. The highest BCUT2D eigenvalue weighted by atomic mass is 31.2. The van der Waals surface area contributed by atoms with E-state index < -0.39 is 7.14 Å². The maximum absolute atomic E-state index is 15.6. The van der Waals surface area contributed by atoms with Gasteiger partial charge in [-0.1, -0.05) is 97.9 Å². The van der Waals surface area contributed by atoms with Crippen LogP contribution >= 0.6 is 7.14 Å². The van der Waals surface area contributed by atoms with Gasteiger partial charge in [0, 0.05) is 38.8 Å². The van der Waals surface area contributed by atoms with Crippen LogP contribution in [0.15, 0.2) is 140 Å². The Kier molecular flexibility index (Phi) is 5.42. The van der Waals surface area contributed by atoms with Crippen LogP contribution in [0.1, 0.15) is 12.7 Å². The molecule has 0 saturated heterocycles. The van der Waals surface area contributed by atoms with Crippen LogP contribution in [0.2, 0.25) is 0 Å². The van der Waals surface area contributed by atoms with Crippen molar-refractivity contribution in [2.75, 3.05) is 0 Å². The maximum atomic E-state index is 15.6. The van der Waals surface area contributed by atoms with Gasteiger partial charge in [-0.25, -0.2) is 4.98 Å². The van der Waals surface area contributed by atoms with Crippen LogP contribution in [-0.4, -0.2) is 14.1 Å². The van der Waals surface area contributed by atoms with Crippen LogP contribution in [-0.2, 0) is 11.0 Å². The molecular formula is C39H28N3OP. The first-order valence-electron chi connectivity index (χ1n) is 15.1. The molecule has 210 valence electrons. The number of fused-ring (bicyclic) bond motifs is 5. The standard InChI is InChI=1S/C39H28N3OP/c1-2-38-40-32-24-27(25-37-39(32)42(38)35-18-10-11-19-36(35)44(37,43)29-12-4-3-5-13-29)26-20-22-28(23-21-26)41-33-16-8-6-14-30(33)31-15-7-9-17-34(31)41/h3-25H,2H2,1H3. The van der Waals surface area contributed by atoms with Gasteiger partial charge in [-0.3, -0.25) is 4.57 Å². The summed E-state index contributed by atoms with van der Waals surface area (Å²) >= 11 is 0. The van der Waals surface area contributed by atoms with E-state index in [1.165, 1.54) is 21.8 Å². The average molecular weight is 586 g/mol. The summed E-state index contributed by atoms with van der Waals surface area (Å²) in [6.45, 7) is 2.13. The molecule has 0 spiro atoms. The second kappa shape index (κ2) is 9.41. The molecule has 0 N–H and O–H groups in total. The highest BCUT2D eigenvalue weighted by Gasteiger charge is 2.40. The molecule has 44 heavy (non-hydrogen) atoms. The minimum atomic E-state index is -3.18. The Morgan fingerprint density at radius 2 is 1.25 bits per heavy atom. The van der Waals surface area contributed by atoms with Crippen LogP contribution in [0.3, 0.4) is 0 Å². The fourth-order valence-corrected chi connectivity index (χ4v) is 10.1. The molecule has 0 aliphatic carbocycles. The van der Waals surface area contributed by atoms with Crippen LogP contribution in [0.4, 0.5) is 0 Å². The fourth-order valence-electron chi connectivity index (χ4n) is 7.11. The third-order valence-electron chi connectivity index (χ3n) is 9.08. The monoisotopic (exact) mass is 585 g/mol. The van der Waals surface area contributed by atoms with E-state index in [9.17, 15) is 0 Å². The number of hydrogen-bond acceptors (Lipinski definition) is 2. The van der Waals surface area contributed by atoms with Gasteiger partial charge in [0.05, 0.1) is 27.8 Å². The van der Waals surface area contributed by atoms with E-state index in [0.717, 1.165) is 61.7 Å². The molecule has 0 saturated carbocycles. The molecule has 8 aromatic rings. The quantitative estimate of drug-likeness (QED) is 0.195. The smallest absolute Gasteiger partial charge is 0.175 e. The van der Waals surface area contributed by atoms with Crippen molar-refractivity contribution in [3.8, 4) is 22.5 Å². The van der Waals surface area contributed by atoms with Crippen molar-refractivity contribution in [1.29, 1.82) is 0 Å². The molecule has 0 radical (unpaired) electrons. The summed E-state index contributed by atoms with van der Waals surface area (Å²) in [5.41, 5.74) is 8.37. The lowest BCUT2D eigenvalue weighted by Gasteiger charge is -2.29. The second-order valence-electron chi connectivity index (χ2n) is 11.4. The molecule has 6 aromatic carbocycles. The van der Waals surface area contributed by atoms with Gasteiger partial charge in [-0.05, 0) is 59.7 Å². The van der Waals surface area contributed by atoms with Gasteiger partial charge in [0.15, 0.2) is 7.14 Å². The molecule has 4 nitrogen and oxygen atoms in total. The molecule has 1 unspecified atom stereocenters. The Bertz CT molecular complexity index is 2400. The first kappa shape index (κ1) is 25.3. The Balaban J connectivity index is 1.27. The average Bonchev–Trinajstić information content (AvgIpc) is 3.64. The lowest BCUT2D eigenvalue weighted by Crippen LogP contribution is -2.33. The van der Waals surface area contributed by atoms with E-state index in [0.29, 0.717) is 0 Å². The van der Waals surface area contributed by atoms with E-state index in [-0.39, 0.29) is 0 Å². The van der Waals surface area contributed by atoms with Crippen LogP contribution in [0.5, 0.6) is 0 Å². The summed E-state index contributed by atoms with van der Waals surface area (Å²) in [7, 11) is -3.18. The topological polar surface area (TPSA) is 39.8 Å². The van der Waals surface area contributed by atoms with Gasteiger partial charge in [-0.2, -0.15) is 0 Å². The maximum Gasteiger partial charge on any atom is 0.175 e. The van der Waals surface area contributed by atoms with Gasteiger partial charge in [0.1, 0.15) is 5.82 Å². The molecule has 0 amide bonds. The van der Waals surface area contributed by atoms with Crippen molar-refractivity contribution < 1.29 is 4.57 Å². The summed E-state index contributed by atoms with van der Waals surface area (Å²) in [5, 5.41) is 5.06. The van der Waals surface area contributed by atoms with Gasteiger partial charge >= 0.3 is 0 Å². The first-order valence-corrected chi connectivity index (χ1v) is 16.8. The van der Waals surface area contributed by atoms with Crippen molar-refractivity contribution in [1.82, 2.24) is 14.1 Å².